The predicted octanol–water partition coefficient (Wildman–Crippen LogP) is 2.42. The monoisotopic (exact) mass is 245 g/mol. The van der Waals surface area contributed by atoms with Crippen LogP contribution in [0.2, 0.25) is 0 Å². The van der Waals surface area contributed by atoms with Crippen molar-refractivity contribution in [2.75, 3.05) is 0 Å². The largest absolute Gasteiger partial charge is 0.439 e. The minimum Gasteiger partial charge on any atom is -0.439 e. The first-order valence-electron chi connectivity index (χ1n) is 5.70. The Morgan fingerprint density at radius 3 is 2.72 bits per heavy atom. The van der Waals surface area contributed by atoms with Gasteiger partial charge in [0.15, 0.2) is 0 Å². The molecule has 0 aliphatic carbocycles. The zero-order valence-corrected chi connectivity index (χ0v) is 10.1. The highest BCUT2D eigenvalue weighted by atomic mass is 16.5. The summed E-state index contributed by atoms with van der Waals surface area (Å²) in [5.74, 6) is 1.08. The molecule has 0 saturated heterocycles. The Morgan fingerprint density at radius 2 is 2.11 bits per heavy atom. The Kier molecular flexibility index (Phi) is 3.92. The second kappa shape index (κ2) is 5.62. The van der Waals surface area contributed by atoms with Crippen molar-refractivity contribution in [3.63, 3.8) is 0 Å². The molecular weight excluding hydrogens is 230 g/mol. The van der Waals surface area contributed by atoms with Gasteiger partial charge in [0.1, 0.15) is 5.75 Å². The second-order valence-electron chi connectivity index (χ2n) is 4.01. The molecule has 2 aromatic rings. The number of hydrogen-bond acceptors (Lipinski definition) is 4. The molecule has 1 heterocycles. The third-order valence-electron chi connectivity index (χ3n) is 2.55. The highest BCUT2D eigenvalue weighted by Gasteiger charge is 2.03. The van der Waals surface area contributed by atoms with Crippen molar-refractivity contribution in [1.82, 2.24) is 4.98 Å². The summed E-state index contributed by atoms with van der Waals surface area (Å²) in [6, 6.07) is 10.6. The van der Waals surface area contributed by atoms with E-state index in [2.05, 4.69) is 4.98 Å². The van der Waals surface area contributed by atoms with E-state index in [1.54, 1.807) is 37.4 Å². The molecule has 0 bridgehead atoms. The Balaban J connectivity index is 2.13. The quantitative estimate of drug-likeness (QED) is 0.868. The molecule has 0 amide bonds. The van der Waals surface area contributed by atoms with Gasteiger partial charge in [0, 0.05) is 12.3 Å². The Morgan fingerprint density at radius 1 is 1.28 bits per heavy atom. The van der Waals surface area contributed by atoms with Crippen LogP contribution in [0.15, 0.2) is 42.6 Å². The van der Waals surface area contributed by atoms with Gasteiger partial charge < -0.3 is 14.9 Å². The molecule has 0 saturated carbocycles. The number of aromatic nitrogens is 1. The maximum absolute atomic E-state index is 9.36. The molecule has 94 valence electrons. The predicted molar refractivity (Wildman–Crippen MR) is 67.3 cm³/mol. The van der Waals surface area contributed by atoms with Crippen LogP contribution in [-0.2, 0) is 6.61 Å². The van der Waals surface area contributed by atoms with Gasteiger partial charge in [0.25, 0.3) is 0 Å². The molecule has 4 heteroatoms. The Labute approximate surface area is 106 Å². The molecule has 2 N–H and O–H groups in total. The number of aliphatic hydroxyl groups excluding tert-OH is 2. The molecule has 0 radical (unpaired) electrons. The minimum absolute atomic E-state index is 0.0222. The zero-order valence-electron chi connectivity index (χ0n) is 10.1. The van der Waals surface area contributed by atoms with Gasteiger partial charge >= 0.3 is 0 Å². The van der Waals surface area contributed by atoms with Gasteiger partial charge in [-0.2, -0.15) is 0 Å². The number of ether oxygens (including phenoxy) is 1. The highest BCUT2D eigenvalue weighted by molar-refractivity contribution is 5.31. The van der Waals surface area contributed by atoms with Crippen LogP contribution in [0.1, 0.15) is 24.2 Å². The zero-order chi connectivity index (χ0) is 13.0. The minimum atomic E-state index is -0.538. The van der Waals surface area contributed by atoms with Crippen LogP contribution < -0.4 is 4.74 Å². The lowest BCUT2D eigenvalue weighted by atomic mass is 10.2. The maximum Gasteiger partial charge on any atom is 0.219 e. The summed E-state index contributed by atoms with van der Waals surface area (Å²) < 4.78 is 5.55. The third-order valence-corrected chi connectivity index (χ3v) is 2.55. The SMILES string of the molecule is CC(O)c1ccc(Oc2cccc(CO)c2)nc1. The van der Waals surface area contributed by atoms with Gasteiger partial charge in [-0.05, 0) is 36.2 Å². The molecule has 1 atom stereocenters. The normalized spacial score (nSPS) is 12.2. The fourth-order valence-electron chi connectivity index (χ4n) is 1.53. The number of rotatable bonds is 4. The van der Waals surface area contributed by atoms with E-state index in [0.29, 0.717) is 11.6 Å². The van der Waals surface area contributed by atoms with Crippen molar-refractivity contribution in [3.05, 3.63) is 53.7 Å². The lowest BCUT2D eigenvalue weighted by molar-refractivity contribution is 0.198. The number of aliphatic hydroxyl groups is 2. The number of pyridine rings is 1. The first-order valence-corrected chi connectivity index (χ1v) is 5.70. The maximum atomic E-state index is 9.36. The lowest BCUT2D eigenvalue weighted by Crippen LogP contribution is -1.94. The topological polar surface area (TPSA) is 62.6 Å². The molecular formula is C14H15NO3. The lowest BCUT2D eigenvalue weighted by Gasteiger charge is -2.07. The van der Waals surface area contributed by atoms with Crippen molar-refractivity contribution in [2.24, 2.45) is 0 Å². The van der Waals surface area contributed by atoms with E-state index in [-0.39, 0.29) is 6.61 Å². The van der Waals surface area contributed by atoms with Crippen LogP contribution in [0.4, 0.5) is 0 Å². The Bertz CT molecular complexity index is 509. The van der Waals surface area contributed by atoms with Crippen LogP contribution in [0.5, 0.6) is 11.6 Å². The van der Waals surface area contributed by atoms with Crippen molar-refractivity contribution >= 4 is 0 Å². The average molecular weight is 245 g/mol. The second-order valence-corrected chi connectivity index (χ2v) is 4.01. The summed E-state index contributed by atoms with van der Waals surface area (Å²) in [4.78, 5) is 4.11. The molecule has 0 spiro atoms. The van der Waals surface area contributed by atoms with Crippen molar-refractivity contribution in [1.29, 1.82) is 0 Å². The van der Waals surface area contributed by atoms with Crippen LogP contribution in [0, 0.1) is 0 Å². The van der Waals surface area contributed by atoms with E-state index >= 15 is 0 Å². The molecule has 0 aliphatic heterocycles. The van der Waals surface area contributed by atoms with Crippen LogP contribution in [0.3, 0.4) is 0 Å². The van der Waals surface area contributed by atoms with Gasteiger partial charge in [-0.15, -0.1) is 0 Å². The van der Waals surface area contributed by atoms with Crippen molar-refractivity contribution in [3.8, 4) is 11.6 Å². The summed E-state index contributed by atoms with van der Waals surface area (Å²) in [6.07, 6.45) is 1.04. The summed E-state index contributed by atoms with van der Waals surface area (Å²) in [7, 11) is 0. The smallest absolute Gasteiger partial charge is 0.219 e. The van der Waals surface area contributed by atoms with Crippen molar-refractivity contribution in [2.45, 2.75) is 19.6 Å². The number of hydrogen-bond donors (Lipinski definition) is 2. The fourth-order valence-corrected chi connectivity index (χ4v) is 1.53. The summed E-state index contributed by atoms with van der Waals surface area (Å²) >= 11 is 0. The molecule has 2 rings (SSSR count). The summed E-state index contributed by atoms with van der Waals surface area (Å²) in [5, 5.41) is 18.4. The average Bonchev–Trinajstić information content (AvgIpc) is 2.39. The van der Waals surface area contributed by atoms with E-state index in [0.717, 1.165) is 11.1 Å². The molecule has 4 nitrogen and oxygen atoms in total. The van der Waals surface area contributed by atoms with E-state index in [9.17, 15) is 5.11 Å². The van der Waals surface area contributed by atoms with Crippen LogP contribution in [-0.4, -0.2) is 15.2 Å². The van der Waals surface area contributed by atoms with Crippen LogP contribution >= 0.6 is 0 Å². The highest BCUT2D eigenvalue weighted by Crippen LogP contribution is 2.21. The van der Waals surface area contributed by atoms with Crippen LogP contribution in [0.25, 0.3) is 0 Å². The first kappa shape index (κ1) is 12.5. The van der Waals surface area contributed by atoms with Crippen molar-refractivity contribution < 1.29 is 14.9 Å². The summed E-state index contributed by atoms with van der Waals surface area (Å²) in [5.41, 5.74) is 1.53. The first-order chi connectivity index (χ1) is 8.69. The fraction of sp³-hybridized carbons (Fsp3) is 0.214. The molecule has 18 heavy (non-hydrogen) atoms. The standard InChI is InChI=1S/C14H15NO3/c1-10(17)12-5-6-14(15-8-12)18-13-4-2-3-11(7-13)9-16/h2-8,10,16-17H,9H2,1H3. The summed E-state index contributed by atoms with van der Waals surface area (Å²) in [6.45, 7) is 1.66. The van der Waals surface area contributed by atoms with E-state index in [4.69, 9.17) is 9.84 Å². The van der Waals surface area contributed by atoms with Gasteiger partial charge in [0.2, 0.25) is 5.88 Å². The molecule has 1 aromatic carbocycles. The van der Waals surface area contributed by atoms with Gasteiger partial charge in [0.05, 0.1) is 12.7 Å². The van der Waals surface area contributed by atoms with E-state index < -0.39 is 6.10 Å². The van der Waals surface area contributed by atoms with Gasteiger partial charge in [-0.25, -0.2) is 4.98 Å². The molecule has 0 aliphatic rings. The van der Waals surface area contributed by atoms with E-state index in [1.807, 2.05) is 12.1 Å². The Hall–Kier alpha value is -1.91. The number of benzene rings is 1. The number of nitrogens with zero attached hydrogens (tertiary/aromatic N) is 1. The van der Waals surface area contributed by atoms with Gasteiger partial charge in [-0.3, -0.25) is 0 Å². The third kappa shape index (κ3) is 3.06. The molecule has 0 fully saturated rings. The molecule has 1 aromatic heterocycles. The van der Waals surface area contributed by atoms with E-state index in [1.165, 1.54) is 0 Å². The van der Waals surface area contributed by atoms with Gasteiger partial charge in [-0.1, -0.05) is 12.1 Å². The molecule has 1 unspecified atom stereocenters.